The normalized spacial score (nSPS) is 19.6. The number of aryl methyl sites for hydroxylation is 1. The number of hydrogen-bond acceptors (Lipinski definition) is 2. The van der Waals surface area contributed by atoms with E-state index in [0.717, 1.165) is 30.3 Å². The van der Waals surface area contributed by atoms with E-state index in [1.165, 1.54) is 31.0 Å². The Labute approximate surface area is 173 Å². The van der Waals surface area contributed by atoms with Gasteiger partial charge in [-0.2, -0.15) is 26.3 Å². The summed E-state index contributed by atoms with van der Waals surface area (Å²) < 4.78 is 76.9. The minimum absolute atomic E-state index is 0.117. The summed E-state index contributed by atoms with van der Waals surface area (Å²) in [4.78, 5) is 26.7. The van der Waals surface area contributed by atoms with Gasteiger partial charge in [-0.3, -0.25) is 9.59 Å². The zero-order valence-corrected chi connectivity index (χ0v) is 16.4. The molecule has 0 saturated carbocycles. The van der Waals surface area contributed by atoms with E-state index in [9.17, 15) is 35.9 Å². The number of halogens is 6. The van der Waals surface area contributed by atoms with Gasteiger partial charge in [0.1, 0.15) is 5.92 Å². The number of hydrogen-bond donors (Lipinski definition) is 1. The Morgan fingerprint density at radius 2 is 1.52 bits per heavy atom. The van der Waals surface area contributed by atoms with Crippen molar-refractivity contribution in [3.63, 3.8) is 0 Å². The average molecular weight is 444 g/mol. The van der Waals surface area contributed by atoms with Gasteiger partial charge in [0.25, 0.3) is 0 Å². The summed E-state index contributed by atoms with van der Waals surface area (Å²) in [6.07, 6.45) is -9.05. The van der Waals surface area contributed by atoms with E-state index in [-0.39, 0.29) is 17.8 Å². The summed E-state index contributed by atoms with van der Waals surface area (Å²) >= 11 is 0. The van der Waals surface area contributed by atoms with Crippen LogP contribution in [0, 0.1) is 12.8 Å². The van der Waals surface area contributed by atoms with E-state index in [1.54, 1.807) is 0 Å². The molecule has 10 heteroatoms. The molecule has 1 heterocycles. The fourth-order valence-corrected chi connectivity index (χ4v) is 3.60. The van der Waals surface area contributed by atoms with Gasteiger partial charge in [-0.1, -0.05) is 12.1 Å². The van der Waals surface area contributed by atoms with Crippen LogP contribution in [0.25, 0.3) is 0 Å². The summed E-state index contributed by atoms with van der Waals surface area (Å²) in [7, 11) is 1.47. The second-order valence-corrected chi connectivity index (χ2v) is 7.44. The first-order valence-corrected chi connectivity index (χ1v) is 9.20. The van der Waals surface area contributed by atoms with Crippen molar-refractivity contribution >= 4 is 17.5 Å². The van der Waals surface area contributed by atoms with E-state index >= 15 is 0 Å². The number of rotatable bonds is 3. The quantitative estimate of drug-likeness (QED) is 0.544. The number of benzene rings is 2. The molecule has 1 fully saturated rings. The van der Waals surface area contributed by atoms with Crippen LogP contribution in [-0.2, 0) is 21.9 Å². The van der Waals surface area contributed by atoms with E-state index in [4.69, 9.17) is 0 Å². The van der Waals surface area contributed by atoms with Crippen LogP contribution < -0.4 is 5.32 Å². The van der Waals surface area contributed by atoms with Gasteiger partial charge < -0.3 is 10.2 Å². The maximum atomic E-state index is 12.9. The molecule has 3 rings (SSSR count). The van der Waals surface area contributed by atoms with Gasteiger partial charge in [0.05, 0.1) is 11.1 Å². The van der Waals surface area contributed by atoms with Crippen molar-refractivity contribution in [3.05, 3.63) is 64.7 Å². The van der Waals surface area contributed by atoms with Gasteiger partial charge in [0.15, 0.2) is 0 Å². The Hall–Kier alpha value is -3.04. The largest absolute Gasteiger partial charge is 0.416 e. The first-order valence-electron chi connectivity index (χ1n) is 9.20. The van der Waals surface area contributed by atoms with Gasteiger partial charge >= 0.3 is 12.4 Å². The van der Waals surface area contributed by atoms with Crippen LogP contribution in [0.2, 0.25) is 0 Å². The van der Waals surface area contributed by atoms with Crippen LogP contribution in [0.5, 0.6) is 0 Å². The summed E-state index contributed by atoms with van der Waals surface area (Å²) in [6.45, 7) is 1.51. The standard InChI is InChI=1S/C21H18F6N2O2/c1-11-9-14(21(25,26)27)7-8-16(11)28-18(30)17-15(10-29(2)19(17)31)12-3-5-13(6-4-12)20(22,23)24/h3-9,15,17H,10H2,1-2H3,(H,28,30)/t15-,17+/m1/s1. The van der Waals surface area contributed by atoms with Crippen molar-refractivity contribution in [3.8, 4) is 0 Å². The lowest BCUT2D eigenvalue weighted by atomic mass is 9.87. The number of likely N-dealkylation sites (N-methyl/N-ethyl adjacent to an activating group) is 1. The minimum Gasteiger partial charge on any atom is -0.344 e. The van der Waals surface area contributed by atoms with Crippen molar-refractivity contribution in [2.24, 2.45) is 5.92 Å². The monoisotopic (exact) mass is 444 g/mol. The van der Waals surface area contributed by atoms with Crippen LogP contribution in [0.15, 0.2) is 42.5 Å². The number of carbonyl (C=O) groups is 2. The molecule has 2 aromatic carbocycles. The Morgan fingerprint density at radius 3 is 2.03 bits per heavy atom. The third-order valence-electron chi connectivity index (χ3n) is 5.28. The summed E-state index contributed by atoms with van der Waals surface area (Å²) in [5.41, 5.74) is -1.06. The molecule has 2 aromatic rings. The van der Waals surface area contributed by atoms with E-state index in [0.29, 0.717) is 5.56 Å². The molecular formula is C21H18F6N2O2. The Balaban J connectivity index is 1.85. The molecule has 2 amide bonds. The molecule has 0 bridgehead atoms. The van der Waals surface area contributed by atoms with Crippen LogP contribution in [0.1, 0.15) is 28.2 Å². The van der Waals surface area contributed by atoms with Crippen molar-refractivity contribution in [1.82, 2.24) is 4.90 Å². The third-order valence-corrected chi connectivity index (χ3v) is 5.28. The van der Waals surface area contributed by atoms with E-state index < -0.39 is 47.1 Å². The number of nitrogens with one attached hydrogen (secondary N) is 1. The van der Waals surface area contributed by atoms with Crippen molar-refractivity contribution < 1.29 is 35.9 Å². The lowest BCUT2D eigenvalue weighted by Crippen LogP contribution is -2.33. The predicted octanol–water partition coefficient (Wildman–Crippen LogP) is 4.84. The predicted molar refractivity (Wildman–Crippen MR) is 100 cm³/mol. The van der Waals surface area contributed by atoms with Crippen molar-refractivity contribution in [2.75, 3.05) is 18.9 Å². The van der Waals surface area contributed by atoms with E-state index in [1.807, 2.05) is 0 Å². The maximum Gasteiger partial charge on any atom is 0.416 e. The van der Waals surface area contributed by atoms with Gasteiger partial charge in [-0.25, -0.2) is 0 Å². The lowest BCUT2D eigenvalue weighted by molar-refractivity contribution is -0.138. The molecule has 0 aromatic heterocycles. The van der Waals surface area contributed by atoms with Crippen molar-refractivity contribution in [2.45, 2.75) is 25.2 Å². The molecule has 166 valence electrons. The van der Waals surface area contributed by atoms with Crippen LogP contribution in [-0.4, -0.2) is 30.3 Å². The maximum absolute atomic E-state index is 12.9. The first-order chi connectivity index (χ1) is 14.3. The average Bonchev–Trinajstić information content (AvgIpc) is 2.97. The second-order valence-electron chi connectivity index (χ2n) is 7.44. The van der Waals surface area contributed by atoms with Crippen molar-refractivity contribution in [1.29, 1.82) is 0 Å². The molecule has 0 radical (unpaired) electrons. The fraction of sp³-hybridized carbons (Fsp3) is 0.333. The molecular weight excluding hydrogens is 426 g/mol. The van der Waals surface area contributed by atoms with E-state index in [2.05, 4.69) is 5.32 Å². The lowest BCUT2D eigenvalue weighted by Gasteiger charge is -2.19. The highest BCUT2D eigenvalue weighted by atomic mass is 19.4. The Bertz CT molecular complexity index is 998. The number of amides is 2. The highest BCUT2D eigenvalue weighted by Crippen LogP contribution is 2.37. The zero-order valence-electron chi connectivity index (χ0n) is 16.4. The van der Waals surface area contributed by atoms with Gasteiger partial charge in [0, 0.05) is 25.2 Å². The summed E-state index contributed by atoms with van der Waals surface area (Å²) in [5.74, 6) is -3.17. The first kappa shape index (κ1) is 22.6. The third kappa shape index (κ3) is 4.67. The van der Waals surface area contributed by atoms with Crippen LogP contribution >= 0.6 is 0 Å². The number of alkyl halides is 6. The molecule has 1 saturated heterocycles. The smallest absolute Gasteiger partial charge is 0.344 e. The summed E-state index contributed by atoms with van der Waals surface area (Å²) in [5, 5.41) is 2.48. The fourth-order valence-electron chi connectivity index (χ4n) is 3.60. The molecule has 31 heavy (non-hydrogen) atoms. The SMILES string of the molecule is Cc1cc(C(F)(F)F)ccc1NC(=O)[C@H]1C(=O)N(C)C[C@@H]1c1ccc(C(F)(F)F)cc1. The topological polar surface area (TPSA) is 49.4 Å². The molecule has 1 N–H and O–H groups in total. The molecule has 0 unspecified atom stereocenters. The molecule has 4 nitrogen and oxygen atoms in total. The zero-order chi connectivity index (χ0) is 23.1. The molecule has 0 spiro atoms. The Morgan fingerprint density at radius 1 is 0.968 bits per heavy atom. The molecule has 1 aliphatic heterocycles. The molecule has 1 aliphatic rings. The number of anilines is 1. The Kier molecular flexibility index (Phi) is 5.77. The second kappa shape index (κ2) is 7.90. The van der Waals surface area contributed by atoms with Gasteiger partial charge in [-0.05, 0) is 48.4 Å². The van der Waals surface area contributed by atoms with Crippen LogP contribution in [0.3, 0.4) is 0 Å². The summed E-state index contributed by atoms with van der Waals surface area (Å²) in [6, 6.07) is 7.02. The molecule has 2 atom stereocenters. The number of likely N-dealkylation sites (tertiary alicyclic amines) is 1. The molecule has 0 aliphatic carbocycles. The van der Waals surface area contributed by atoms with Gasteiger partial charge in [0.2, 0.25) is 11.8 Å². The highest BCUT2D eigenvalue weighted by molar-refractivity contribution is 6.08. The van der Waals surface area contributed by atoms with Gasteiger partial charge in [-0.15, -0.1) is 0 Å². The number of carbonyl (C=O) groups excluding carboxylic acids is 2. The van der Waals surface area contributed by atoms with Crippen LogP contribution in [0.4, 0.5) is 32.0 Å². The number of nitrogens with zero attached hydrogens (tertiary/aromatic N) is 1. The minimum atomic E-state index is -4.54. The highest BCUT2D eigenvalue weighted by Gasteiger charge is 2.44.